The second-order valence-electron chi connectivity index (χ2n) is 10.1. The Bertz CT molecular complexity index is 1920. The number of pyridine rings is 1. The molecular weight excluding hydrogens is 444 g/mol. The van der Waals surface area contributed by atoms with Gasteiger partial charge in [0.1, 0.15) is 18.2 Å². The largest absolute Gasteiger partial charge is 0.456 e. The molecule has 0 unspecified atom stereocenters. The maximum atomic E-state index is 8.60. The lowest BCUT2D eigenvalue weighted by Crippen LogP contribution is -2.46. The molecule has 0 N–H and O–H groups in total. The fraction of sp³-hybridized carbons (Fsp3) is 0.226. The molecule has 3 aromatic carbocycles. The zero-order valence-electron chi connectivity index (χ0n) is 26.2. The first-order valence-corrected chi connectivity index (χ1v) is 15.1. The van der Waals surface area contributed by atoms with Crippen molar-refractivity contribution < 1.29 is 15.8 Å². The molecule has 4 heteroatoms. The van der Waals surface area contributed by atoms with E-state index in [9.17, 15) is 0 Å². The lowest BCUT2D eigenvalue weighted by molar-refractivity contribution is -0.666. The van der Waals surface area contributed by atoms with Crippen LogP contribution < -0.4 is 9.75 Å². The van der Waals surface area contributed by atoms with Crippen molar-refractivity contribution in [3.8, 4) is 22.4 Å². The number of benzene rings is 3. The van der Waals surface area contributed by atoms with Gasteiger partial charge in [-0.05, 0) is 30.2 Å². The lowest BCUT2D eigenvalue weighted by atomic mass is 9.97. The third kappa shape index (κ3) is 3.59. The minimum absolute atomic E-state index is 0.0299. The summed E-state index contributed by atoms with van der Waals surface area (Å²) in [5, 5.41) is 2.94. The third-order valence-corrected chi connectivity index (χ3v) is 9.16. The fourth-order valence-electron chi connectivity index (χ4n) is 5.01. The van der Waals surface area contributed by atoms with Crippen LogP contribution in [0.3, 0.4) is 0 Å². The zero-order chi connectivity index (χ0) is 29.4. The average molecular weight is 481 g/mol. The number of hydrogen-bond donors (Lipinski definition) is 0. The van der Waals surface area contributed by atoms with Crippen molar-refractivity contribution in [1.29, 1.82) is 0 Å². The highest BCUT2D eigenvalue weighted by molar-refractivity contribution is 6.89. The Kier molecular flexibility index (Phi) is 4.16. The molecule has 0 saturated heterocycles. The van der Waals surface area contributed by atoms with Crippen molar-refractivity contribution in [2.45, 2.75) is 40.4 Å². The Hall–Kier alpha value is -3.68. The van der Waals surface area contributed by atoms with Gasteiger partial charge in [0, 0.05) is 34.9 Å². The monoisotopic (exact) mass is 480 g/mol. The molecule has 0 atom stereocenters. The van der Waals surface area contributed by atoms with Gasteiger partial charge in [0.25, 0.3) is 0 Å². The molecule has 0 amide bonds. The van der Waals surface area contributed by atoms with E-state index in [1.165, 1.54) is 16.4 Å². The molecule has 3 nitrogen and oxygen atoms in total. The van der Waals surface area contributed by atoms with Crippen LogP contribution in [0.5, 0.6) is 0 Å². The summed E-state index contributed by atoms with van der Waals surface area (Å²) in [4.78, 5) is 3.66. The van der Waals surface area contributed by atoms with Crippen molar-refractivity contribution in [2.75, 3.05) is 0 Å². The van der Waals surface area contributed by atoms with Gasteiger partial charge < -0.3 is 4.42 Å². The highest BCUT2D eigenvalue weighted by Gasteiger charge is 2.29. The van der Waals surface area contributed by atoms with E-state index in [0.29, 0.717) is 11.2 Å². The SMILES string of the molecule is [2H]c1c([2H])c([2H])c(-c2c([N+]#[C-])ccc3c2oc2c(-c4cc([Si](C)(C)C)c(C)c(C)[n+]4C)c(C)ccc23)c([2H])c1[2H]. The standard InChI is InChI=1S/C31H31N2OSi/c1-19-14-15-23-24-16-17-25(32-4)29(22-12-10-9-11-13-22)31(24)34-30(23)28(19)26-18-27(35(6,7)8)20(2)21(3)33(26)5/h9-18H,1-3,5-8H3/q+1/i9D,10D,11D,12D,13D. The topological polar surface area (TPSA) is 21.4 Å². The summed E-state index contributed by atoms with van der Waals surface area (Å²) >= 11 is 0. The van der Waals surface area contributed by atoms with Crippen LogP contribution in [0.1, 0.15) is 23.7 Å². The Morgan fingerprint density at radius 1 is 0.914 bits per heavy atom. The maximum Gasteiger partial charge on any atom is 0.216 e. The van der Waals surface area contributed by atoms with Crippen LogP contribution in [0, 0.1) is 27.3 Å². The van der Waals surface area contributed by atoms with Crippen molar-refractivity contribution in [1.82, 2.24) is 0 Å². The lowest BCUT2D eigenvalue weighted by Gasteiger charge is -2.21. The van der Waals surface area contributed by atoms with Crippen LogP contribution in [-0.2, 0) is 7.05 Å². The van der Waals surface area contributed by atoms with E-state index in [1.54, 1.807) is 6.07 Å². The van der Waals surface area contributed by atoms with Crippen LogP contribution in [0.15, 0.2) is 65.0 Å². The number of nitrogens with zero attached hydrogens (tertiary/aromatic N) is 2. The summed E-state index contributed by atoms with van der Waals surface area (Å²) in [7, 11) is 0.381. The van der Waals surface area contributed by atoms with Crippen molar-refractivity contribution in [3.63, 3.8) is 0 Å². The first-order valence-electron chi connectivity index (χ1n) is 14.1. The quantitative estimate of drug-likeness (QED) is 0.147. The van der Waals surface area contributed by atoms with Gasteiger partial charge in [-0.15, -0.1) is 0 Å². The normalized spacial score (nSPS) is 13.8. The van der Waals surface area contributed by atoms with Crippen LogP contribution in [0.2, 0.25) is 19.6 Å². The van der Waals surface area contributed by atoms with Gasteiger partial charge in [-0.25, -0.2) is 4.85 Å². The number of aromatic nitrogens is 1. The minimum Gasteiger partial charge on any atom is -0.456 e. The summed E-state index contributed by atoms with van der Waals surface area (Å²) in [6.45, 7) is 21.2. The number of furan rings is 1. The molecule has 174 valence electrons. The Balaban J connectivity index is 1.96. The van der Waals surface area contributed by atoms with Gasteiger partial charge in [0.2, 0.25) is 5.69 Å². The summed E-state index contributed by atoms with van der Waals surface area (Å²) in [6, 6.07) is 7.70. The van der Waals surface area contributed by atoms with Gasteiger partial charge in [0.05, 0.1) is 27.1 Å². The summed E-state index contributed by atoms with van der Waals surface area (Å²) in [6.07, 6.45) is 0. The molecule has 0 aliphatic heterocycles. The third-order valence-electron chi connectivity index (χ3n) is 7.02. The van der Waals surface area contributed by atoms with Crippen LogP contribution >= 0.6 is 0 Å². The zero-order valence-corrected chi connectivity index (χ0v) is 22.2. The first-order chi connectivity index (χ1) is 18.7. The Labute approximate surface area is 215 Å². The molecule has 0 spiro atoms. The van der Waals surface area contributed by atoms with Crippen LogP contribution in [-0.4, -0.2) is 8.07 Å². The summed E-state index contributed by atoms with van der Waals surface area (Å²) in [5.74, 6) is 0. The van der Waals surface area contributed by atoms with Crippen molar-refractivity contribution in [3.05, 3.63) is 88.8 Å². The van der Waals surface area contributed by atoms with E-state index < -0.39 is 26.2 Å². The number of aryl methyl sites for hydroxylation is 1. The van der Waals surface area contributed by atoms with Crippen molar-refractivity contribution in [2.24, 2.45) is 7.05 Å². The second kappa shape index (κ2) is 8.22. The van der Waals surface area contributed by atoms with Gasteiger partial charge >= 0.3 is 0 Å². The number of rotatable bonds is 3. The molecule has 0 bridgehead atoms. The predicted molar refractivity (Wildman–Crippen MR) is 149 cm³/mol. The van der Waals surface area contributed by atoms with Crippen molar-refractivity contribution >= 4 is 40.9 Å². The second-order valence-corrected chi connectivity index (χ2v) is 15.2. The predicted octanol–water partition coefficient (Wildman–Crippen LogP) is 7.77. The van der Waals surface area contributed by atoms with Gasteiger partial charge in [-0.2, -0.15) is 4.57 Å². The highest BCUT2D eigenvalue weighted by atomic mass is 28.3. The van der Waals surface area contributed by atoms with Gasteiger partial charge in [-0.3, -0.25) is 0 Å². The molecule has 5 rings (SSSR count). The molecule has 2 aromatic heterocycles. The van der Waals surface area contributed by atoms with E-state index >= 15 is 0 Å². The Morgan fingerprint density at radius 2 is 1.54 bits per heavy atom. The average Bonchev–Trinajstić information content (AvgIpc) is 3.28. The van der Waals surface area contributed by atoms with Crippen LogP contribution in [0.4, 0.5) is 5.69 Å². The van der Waals surface area contributed by atoms with E-state index in [0.717, 1.165) is 27.6 Å². The summed E-state index contributed by atoms with van der Waals surface area (Å²) in [5.41, 5.74) is 6.81. The number of hydrogen-bond acceptors (Lipinski definition) is 1. The van der Waals surface area contributed by atoms with Gasteiger partial charge in [-0.1, -0.05) is 74.1 Å². The fourth-order valence-corrected chi connectivity index (χ4v) is 6.88. The van der Waals surface area contributed by atoms with Crippen LogP contribution in [0.25, 0.3) is 49.2 Å². The molecular formula is C31H31N2OSi+. The van der Waals surface area contributed by atoms with Gasteiger partial charge in [0.15, 0.2) is 11.4 Å². The minimum atomic E-state index is -1.68. The smallest absolute Gasteiger partial charge is 0.216 e. The Morgan fingerprint density at radius 3 is 2.17 bits per heavy atom. The van der Waals surface area contributed by atoms with E-state index in [4.69, 9.17) is 17.8 Å². The molecule has 0 radical (unpaired) electrons. The molecule has 35 heavy (non-hydrogen) atoms. The molecule has 2 heterocycles. The molecule has 0 aliphatic rings. The molecule has 5 aromatic rings. The molecule has 0 saturated carbocycles. The number of fused-ring (bicyclic) bond motifs is 3. The highest BCUT2D eigenvalue weighted by Crippen LogP contribution is 2.44. The van der Waals surface area contributed by atoms with E-state index in [2.05, 4.69) is 62.1 Å². The molecule has 0 fully saturated rings. The van der Waals surface area contributed by atoms with E-state index in [1.807, 2.05) is 19.1 Å². The first kappa shape index (κ1) is 17.7. The molecule has 0 aliphatic carbocycles. The maximum absolute atomic E-state index is 8.60. The summed E-state index contributed by atoms with van der Waals surface area (Å²) < 4.78 is 50.5. The van der Waals surface area contributed by atoms with E-state index in [-0.39, 0.29) is 28.9 Å².